The number of methoxy groups -OCH3 is 1. The van der Waals surface area contributed by atoms with Gasteiger partial charge in [0.05, 0.1) is 18.2 Å². The number of fused-ring (bicyclic) bond motifs is 1. The molecule has 0 spiro atoms. The van der Waals surface area contributed by atoms with Crippen molar-refractivity contribution in [1.29, 1.82) is 0 Å². The molecule has 1 amide bonds. The minimum absolute atomic E-state index is 0.0663. The lowest BCUT2D eigenvalue weighted by atomic mass is 10.1. The Hall–Kier alpha value is -3.43. The van der Waals surface area contributed by atoms with Crippen molar-refractivity contribution >= 4 is 33.2 Å². The summed E-state index contributed by atoms with van der Waals surface area (Å²) in [5.41, 5.74) is 1.76. The number of hydrogen-bond donors (Lipinski definition) is 1. The van der Waals surface area contributed by atoms with Crippen LogP contribution in [0.25, 0.3) is 16.8 Å². The molecule has 0 aliphatic heterocycles. The molecular formula is C20H15ClN4O4S. The molecule has 4 rings (SSSR count). The van der Waals surface area contributed by atoms with E-state index in [2.05, 4.69) is 10.1 Å². The molecule has 0 radical (unpaired) electrons. The quantitative estimate of drug-likeness (QED) is 0.509. The first-order valence-electron chi connectivity index (χ1n) is 8.69. The number of halogens is 1. The van der Waals surface area contributed by atoms with E-state index in [1.165, 1.54) is 48.2 Å². The van der Waals surface area contributed by atoms with Gasteiger partial charge in [0.15, 0.2) is 5.65 Å². The van der Waals surface area contributed by atoms with Crippen LogP contribution in [0.15, 0.2) is 71.9 Å². The summed E-state index contributed by atoms with van der Waals surface area (Å²) in [6, 6.07) is 14.2. The van der Waals surface area contributed by atoms with Gasteiger partial charge >= 0.3 is 0 Å². The van der Waals surface area contributed by atoms with Crippen molar-refractivity contribution in [2.24, 2.45) is 0 Å². The fraction of sp³-hybridized carbons (Fsp3) is 0.0500. The SMILES string of the molecule is COc1ccc(S(=O)(=O)NC(=O)c2ccn3ncc(-c4cccc(Cl)c4)c3n2)cc1. The van der Waals surface area contributed by atoms with Crippen LogP contribution in [0.1, 0.15) is 10.5 Å². The lowest BCUT2D eigenvalue weighted by Gasteiger charge is -2.08. The summed E-state index contributed by atoms with van der Waals surface area (Å²) < 4.78 is 33.6. The van der Waals surface area contributed by atoms with Gasteiger partial charge in [-0.15, -0.1) is 0 Å². The summed E-state index contributed by atoms with van der Waals surface area (Å²) in [6.07, 6.45) is 3.13. The molecule has 30 heavy (non-hydrogen) atoms. The van der Waals surface area contributed by atoms with Crippen molar-refractivity contribution in [2.45, 2.75) is 4.90 Å². The van der Waals surface area contributed by atoms with Crippen molar-refractivity contribution in [3.8, 4) is 16.9 Å². The van der Waals surface area contributed by atoms with Gasteiger partial charge in [-0.2, -0.15) is 5.10 Å². The first-order chi connectivity index (χ1) is 14.4. The number of carbonyl (C=O) groups is 1. The van der Waals surface area contributed by atoms with E-state index in [0.29, 0.717) is 22.0 Å². The van der Waals surface area contributed by atoms with E-state index < -0.39 is 15.9 Å². The van der Waals surface area contributed by atoms with Crippen molar-refractivity contribution in [1.82, 2.24) is 19.3 Å². The van der Waals surface area contributed by atoms with Crippen LogP contribution >= 0.6 is 11.6 Å². The minimum atomic E-state index is -4.08. The van der Waals surface area contributed by atoms with Crippen LogP contribution in [0.5, 0.6) is 5.75 Å². The molecule has 10 heteroatoms. The Kier molecular flexibility index (Phi) is 5.15. The van der Waals surface area contributed by atoms with Gasteiger partial charge in [0.1, 0.15) is 11.4 Å². The summed E-state index contributed by atoms with van der Waals surface area (Å²) >= 11 is 6.06. The zero-order valence-electron chi connectivity index (χ0n) is 15.6. The molecule has 0 unspecified atom stereocenters. The predicted molar refractivity (Wildman–Crippen MR) is 111 cm³/mol. The van der Waals surface area contributed by atoms with Crippen molar-refractivity contribution in [2.75, 3.05) is 7.11 Å². The molecule has 0 fully saturated rings. The first-order valence-corrected chi connectivity index (χ1v) is 10.5. The second-order valence-corrected chi connectivity index (χ2v) is 8.38. The fourth-order valence-corrected chi connectivity index (χ4v) is 3.99. The lowest BCUT2D eigenvalue weighted by molar-refractivity contribution is 0.0976. The third kappa shape index (κ3) is 3.85. The van der Waals surface area contributed by atoms with E-state index in [-0.39, 0.29) is 10.6 Å². The molecule has 1 N–H and O–H groups in total. The number of carbonyl (C=O) groups excluding carboxylic acids is 1. The molecule has 2 aromatic heterocycles. The van der Waals surface area contributed by atoms with E-state index in [9.17, 15) is 13.2 Å². The molecular weight excluding hydrogens is 428 g/mol. The topological polar surface area (TPSA) is 103 Å². The maximum atomic E-state index is 12.6. The average Bonchev–Trinajstić information content (AvgIpc) is 3.17. The highest BCUT2D eigenvalue weighted by molar-refractivity contribution is 7.90. The van der Waals surface area contributed by atoms with E-state index in [4.69, 9.17) is 16.3 Å². The standard InChI is InChI=1S/C20H15ClN4O4S/c1-29-15-5-7-16(8-6-15)30(27,28)24-20(26)18-9-10-25-19(23-18)17(12-22-25)13-3-2-4-14(21)11-13/h2-12H,1H3,(H,24,26). The van der Waals surface area contributed by atoms with Crippen molar-refractivity contribution < 1.29 is 17.9 Å². The van der Waals surface area contributed by atoms with Crippen molar-refractivity contribution in [3.63, 3.8) is 0 Å². The van der Waals surface area contributed by atoms with Crippen LogP contribution in [-0.2, 0) is 10.0 Å². The van der Waals surface area contributed by atoms with E-state index in [0.717, 1.165) is 5.56 Å². The molecule has 2 heterocycles. The van der Waals surface area contributed by atoms with Crippen molar-refractivity contribution in [3.05, 3.63) is 77.7 Å². The number of sulfonamides is 1. The highest BCUT2D eigenvalue weighted by Crippen LogP contribution is 2.26. The summed E-state index contributed by atoms with van der Waals surface area (Å²) in [5, 5.41) is 4.76. The molecule has 0 saturated heterocycles. The Morgan fingerprint density at radius 1 is 1.13 bits per heavy atom. The largest absolute Gasteiger partial charge is 0.497 e. The summed E-state index contributed by atoms with van der Waals surface area (Å²) in [6.45, 7) is 0. The van der Waals surface area contributed by atoms with Gasteiger partial charge in [-0.25, -0.2) is 22.6 Å². The number of amides is 1. The molecule has 0 bridgehead atoms. The van der Waals surface area contributed by atoms with Gasteiger partial charge in [0.25, 0.3) is 15.9 Å². The zero-order valence-corrected chi connectivity index (χ0v) is 17.2. The number of hydrogen-bond acceptors (Lipinski definition) is 6. The zero-order chi connectivity index (χ0) is 21.3. The third-order valence-electron chi connectivity index (χ3n) is 4.33. The fourth-order valence-electron chi connectivity index (χ4n) is 2.84. The van der Waals surface area contributed by atoms with E-state index in [1.54, 1.807) is 24.4 Å². The predicted octanol–water partition coefficient (Wildman–Crippen LogP) is 3.18. The molecule has 0 aliphatic carbocycles. The molecule has 2 aromatic carbocycles. The molecule has 0 atom stereocenters. The molecule has 4 aromatic rings. The normalized spacial score (nSPS) is 11.4. The first kappa shape index (κ1) is 19.9. The monoisotopic (exact) mass is 442 g/mol. The average molecular weight is 443 g/mol. The third-order valence-corrected chi connectivity index (χ3v) is 5.92. The van der Waals surface area contributed by atoms with Gasteiger partial charge in [-0.05, 0) is 48.0 Å². The van der Waals surface area contributed by atoms with Gasteiger partial charge < -0.3 is 4.74 Å². The van der Waals surface area contributed by atoms with Gasteiger partial charge in [-0.1, -0.05) is 23.7 Å². The molecule has 152 valence electrons. The number of benzene rings is 2. The smallest absolute Gasteiger partial charge is 0.283 e. The molecule has 0 saturated carbocycles. The Morgan fingerprint density at radius 2 is 1.90 bits per heavy atom. The molecule has 0 aliphatic rings. The highest BCUT2D eigenvalue weighted by atomic mass is 35.5. The minimum Gasteiger partial charge on any atom is -0.497 e. The second-order valence-electron chi connectivity index (χ2n) is 6.26. The lowest BCUT2D eigenvalue weighted by Crippen LogP contribution is -2.31. The summed E-state index contributed by atoms with van der Waals surface area (Å²) in [5.74, 6) is -0.353. The van der Waals surface area contributed by atoms with Crippen LogP contribution in [0.4, 0.5) is 0 Å². The number of nitrogens with zero attached hydrogens (tertiary/aromatic N) is 3. The van der Waals surface area contributed by atoms with E-state index >= 15 is 0 Å². The van der Waals surface area contributed by atoms with Gasteiger partial charge in [0.2, 0.25) is 0 Å². The summed E-state index contributed by atoms with van der Waals surface area (Å²) in [4.78, 5) is 16.8. The number of rotatable bonds is 5. The Balaban J connectivity index is 1.65. The maximum absolute atomic E-state index is 12.6. The van der Waals surface area contributed by atoms with Crippen LogP contribution in [-0.4, -0.2) is 36.0 Å². The number of aromatic nitrogens is 3. The Bertz CT molecular complexity index is 1350. The van der Waals surface area contributed by atoms with Crippen LogP contribution in [0.3, 0.4) is 0 Å². The van der Waals surface area contributed by atoms with Crippen LogP contribution in [0.2, 0.25) is 5.02 Å². The second kappa shape index (κ2) is 7.77. The number of ether oxygens (including phenoxy) is 1. The van der Waals surface area contributed by atoms with Crippen LogP contribution < -0.4 is 9.46 Å². The van der Waals surface area contributed by atoms with Gasteiger partial charge in [0, 0.05) is 16.8 Å². The number of nitrogens with one attached hydrogen (secondary N) is 1. The maximum Gasteiger partial charge on any atom is 0.283 e. The summed E-state index contributed by atoms with van der Waals surface area (Å²) in [7, 11) is -2.60. The van der Waals surface area contributed by atoms with E-state index in [1.807, 2.05) is 10.8 Å². The van der Waals surface area contributed by atoms with Gasteiger partial charge in [-0.3, -0.25) is 4.79 Å². The Morgan fingerprint density at radius 3 is 2.60 bits per heavy atom. The van der Waals surface area contributed by atoms with Crippen LogP contribution in [0, 0.1) is 0 Å². The Labute approximate surface area is 177 Å². The highest BCUT2D eigenvalue weighted by Gasteiger charge is 2.21. The molecule has 8 nitrogen and oxygen atoms in total.